The number of carbonyl (C=O) groups is 1. The molecule has 1 unspecified atom stereocenters. The number of pyridine rings is 1. The van der Waals surface area contributed by atoms with Gasteiger partial charge in [0.15, 0.2) is 5.76 Å². The Balaban J connectivity index is 1.43. The zero-order valence-electron chi connectivity index (χ0n) is 17.1. The number of amides is 1. The zero-order chi connectivity index (χ0) is 20.1. The second-order valence-corrected chi connectivity index (χ2v) is 9.89. The predicted octanol–water partition coefficient (Wildman–Crippen LogP) is 3.47. The summed E-state index contributed by atoms with van der Waals surface area (Å²) in [7, 11) is 0. The van der Waals surface area contributed by atoms with Crippen LogP contribution in [0.2, 0.25) is 0 Å². The molecule has 3 atom stereocenters. The molecule has 3 N–H and O–H groups in total. The van der Waals surface area contributed by atoms with Crippen LogP contribution in [-0.4, -0.2) is 39.7 Å². The maximum atomic E-state index is 11.8. The Hall–Kier alpha value is -1.92. The number of primary amides is 1. The number of nitrogens with zero attached hydrogens (tertiary/aromatic N) is 2. The molecule has 1 aliphatic carbocycles. The maximum Gasteiger partial charge on any atom is 0.284 e. The summed E-state index contributed by atoms with van der Waals surface area (Å²) in [6.07, 6.45) is 6.78. The minimum atomic E-state index is -0.572. The third-order valence-corrected chi connectivity index (χ3v) is 6.52. The van der Waals surface area contributed by atoms with Crippen LogP contribution in [0.5, 0.6) is 0 Å². The van der Waals surface area contributed by atoms with Crippen molar-refractivity contribution in [2.75, 3.05) is 6.54 Å². The third-order valence-electron chi connectivity index (χ3n) is 6.52. The average Bonchev–Trinajstić information content (AvgIpc) is 3.09. The topological polar surface area (TPSA) is 92.6 Å². The van der Waals surface area contributed by atoms with E-state index in [-0.39, 0.29) is 5.76 Å². The molecule has 28 heavy (non-hydrogen) atoms. The number of aliphatic hydroxyl groups is 1. The van der Waals surface area contributed by atoms with Crippen molar-refractivity contribution in [1.29, 1.82) is 0 Å². The van der Waals surface area contributed by atoms with Crippen molar-refractivity contribution in [3.8, 4) is 0 Å². The van der Waals surface area contributed by atoms with Gasteiger partial charge in [-0.15, -0.1) is 0 Å². The molecule has 0 aromatic carbocycles. The fourth-order valence-electron chi connectivity index (χ4n) is 5.91. The van der Waals surface area contributed by atoms with E-state index >= 15 is 0 Å². The molecule has 6 heteroatoms. The second kappa shape index (κ2) is 6.85. The summed E-state index contributed by atoms with van der Waals surface area (Å²) in [6, 6.07) is 4.19. The van der Waals surface area contributed by atoms with Gasteiger partial charge in [0.2, 0.25) is 5.71 Å². The van der Waals surface area contributed by atoms with Crippen molar-refractivity contribution in [3.05, 3.63) is 29.7 Å². The van der Waals surface area contributed by atoms with Gasteiger partial charge in [0, 0.05) is 29.7 Å². The number of rotatable bonds is 6. The Morgan fingerprint density at radius 3 is 2.96 bits per heavy atom. The zero-order valence-corrected chi connectivity index (χ0v) is 17.1. The second-order valence-electron chi connectivity index (χ2n) is 9.89. The first-order valence-electron chi connectivity index (χ1n) is 10.3. The Morgan fingerprint density at radius 2 is 2.21 bits per heavy atom. The van der Waals surface area contributed by atoms with Crippen molar-refractivity contribution in [1.82, 2.24) is 9.88 Å². The van der Waals surface area contributed by atoms with E-state index in [0.29, 0.717) is 35.4 Å². The minimum absolute atomic E-state index is 0.189. The standard InChI is InChI=1S/C22H31N3O3/c1-21(2)10-14-11-22(3,12-21)13-25(14)17(26)8-4-6-15-16-7-5-9-24-20(16)28-18(15)19(23)27/h5,7,9,14,17,26H,4,6,8,10-13H2,1-3H3,(H2,23,27)/t14-,17?,22-/m1/s1. The van der Waals surface area contributed by atoms with Crippen molar-refractivity contribution in [2.24, 2.45) is 16.6 Å². The van der Waals surface area contributed by atoms with Gasteiger partial charge in [-0.2, -0.15) is 0 Å². The van der Waals surface area contributed by atoms with Crippen molar-refractivity contribution in [3.63, 3.8) is 0 Å². The number of carbonyl (C=O) groups excluding carboxylic acids is 1. The van der Waals surface area contributed by atoms with Gasteiger partial charge < -0.3 is 15.3 Å². The first kappa shape index (κ1) is 19.4. The highest BCUT2D eigenvalue weighted by Gasteiger charge is 2.50. The van der Waals surface area contributed by atoms with Crippen LogP contribution in [0, 0.1) is 10.8 Å². The highest BCUT2D eigenvalue weighted by molar-refractivity contribution is 5.97. The van der Waals surface area contributed by atoms with Gasteiger partial charge in [0.25, 0.3) is 5.91 Å². The monoisotopic (exact) mass is 385 g/mol. The lowest BCUT2D eigenvalue weighted by atomic mass is 9.65. The summed E-state index contributed by atoms with van der Waals surface area (Å²) in [5.74, 6) is -0.383. The van der Waals surface area contributed by atoms with Gasteiger partial charge in [0.05, 0.1) is 0 Å². The van der Waals surface area contributed by atoms with Crippen LogP contribution >= 0.6 is 0 Å². The summed E-state index contributed by atoms with van der Waals surface area (Å²) in [5, 5.41) is 11.7. The number of aromatic nitrogens is 1. The van der Waals surface area contributed by atoms with E-state index < -0.39 is 12.1 Å². The number of aliphatic hydroxyl groups excluding tert-OH is 1. The van der Waals surface area contributed by atoms with Gasteiger partial charge in [-0.25, -0.2) is 4.98 Å². The van der Waals surface area contributed by atoms with E-state index in [0.717, 1.165) is 30.3 Å². The molecule has 0 radical (unpaired) electrons. The molecule has 1 aliphatic heterocycles. The van der Waals surface area contributed by atoms with Crippen molar-refractivity contribution >= 4 is 17.0 Å². The molecule has 6 nitrogen and oxygen atoms in total. The van der Waals surface area contributed by atoms with Gasteiger partial charge >= 0.3 is 0 Å². The maximum absolute atomic E-state index is 11.8. The molecule has 2 aromatic rings. The molecule has 1 saturated heterocycles. The molecule has 2 fully saturated rings. The van der Waals surface area contributed by atoms with E-state index in [1.54, 1.807) is 6.20 Å². The Labute approximate surface area is 166 Å². The fourth-order valence-corrected chi connectivity index (χ4v) is 5.91. The van der Waals surface area contributed by atoms with Gasteiger partial charge in [-0.1, -0.05) is 20.8 Å². The molecule has 0 spiro atoms. The summed E-state index contributed by atoms with van der Waals surface area (Å²) in [6.45, 7) is 8.01. The lowest BCUT2D eigenvalue weighted by Gasteiger charge is -2.40. The number of hydrogen-bond acceptors (Lipinski definition) is 5. The number of aryl methyl sites for hydroxylation is 1. The first-order chi connectivity index (χ1) is 13.2. The van der Waals surface area contributed by atoms with Crippen LogP contribution in [0.4, 0.5) is 0 Å². The van der Waals surface area contributed by atoms with Crippen LogP contribution in [0.25, 0.3) is 11.1 Å². The van der Waals surface area contributed by atoms with Crippen LogP contribution in [0.15, 0.2) is 22.7 Å². The summed E-state index contributed by atoms with van der Waals surface area (Å²) in [5.41, 5.74) is 7.37. The van der Waals surface area contributed by atoms with Crippen LogP contribution in [0.1, 0.15) is 69.0 Å². The molecular formula is C22H31N3O3. The third kappa shape index (κ3) is 3.55. The summed E-state index contributed by atoms with van der Waals surface area (Å²) < 4.78 is 5.55. The van der Waals surface area contributed by atoms with E-state index in [1.165, 1.54) is 12.8 Å². The van der Waals surface area contributed by atoms with E-state index in [4.69, 9.17) is 10.2 Å². The fraction of sp³-hybridized carbons (Fsp3) is 0.636. The number of hydrogen-bond donors (Lipinski definition) is 2. The lowest BCUT2D eigenvalue weighted by Crippen LogP contribution is -2.40. The average molecular weight is 386 g/mol. The van der Waals surface area contributed by atoms with Gasteiger partial charge in [0.1, 0.15) is 6.23 Å². The van der Waals surface area contributed by atoms with Crippen molar-refractivity contribution < 1.29 is 14.3 Å². The molecule has 152 valence electrons. The molecule has 2 aliphatic rings. The summed E-state index contributed by atoms with van der Waals surface area (Å²) >= 11 is 0. The SMILES string of the molecule is CC1(C)C[C@@H]2C[C@@](C)(CN2C(O)CCCc2c(C(N)=O)oc3ncccc23)C1. The lowest BCUT2D eigenvalue weighted by molar-refractivity contribution is -0.0179. The molecule has 1 saturated carbocycles. The number of likely N-dealkylation sites (tertiary alicyclic amines) is 1. The normalized spacial score (nSPS) is 27.9. The van der Waals surface area contributed by atoms with Gasteiger partial charge in [-0.05, 0) is 61.5 Å². The largest absolute Gasteiger partial charge is 0.432 e. The minimum Gasteiger partial charge on any atom is -0.432 e. The molecular weight excluding hydrogens is 354 g/mol. The number of fused-ring (bicyclic) bond motifs is 3. The van der Waals surface area contributed by atoms with Gasteiger partial charge in [-0.3, -0.25) is 9.69 Å². The Bertz CT molecular complexity index is 890. The molecule has 3 heterocycles. The van der Waals surface area contributed by atoms with Crippen LogP contribution in [-0.2, 0) is 6.42 Å². The van der Waals surface area contributed by atoms with Crippen LogP contribution in [0.3, 0.4) is 0 Å². The molecule has 2 bridgehead atoms. The highest BCUT2D eigenvalue weighted by Crippen LogP contribution is 2.53. The smallest absolute Gasteiger partial charge is 0.284 e. The van der Waals surface area contributed by atoms with E-state index in [1.807, 2.05) is 12.1 Å². The molecule has 4 rings (SSSR count). The quantitative estimate of drug-likeness (QED) is 0.794. The number of nitrogens with two attached hydrogens (primary N) is 1. The van der Waals surface area contributed by atoms with E-state index in [9.17, 15) is 9.90 Å². The highest BCUT2D eigenvalue weighted by atomic mass is 16.4. The Kier molecular flexibility index (Phi) is 4.74. The molecule has 1 amide bonds. The Morgan fingerprint density at radius 1 is 1.43 bits per heavy atom. The summed E-state index contributed by atoms with van der Waals surface area (Å²) in [4.78, 5) is 18.2. The predicted molar refractivity (Wildman–Crippen MR) is 108 cm³/mol. The van der Waals surface area contributed by atoms with Crippen LogP contribution < -0.4 is 5.73 Å². The first-order valence-corrected chi connectivity index (χ1v) is 10.3. The molecule has 2 aromatic heterocycles. The van der Waals surface area contributed by atoms with E-state index in [2.05, 4.69) is 30.7 Å². The number of furan rings is 1. The van der Waals surface area contributed by atoms with Crippen molar-refractivity contribution in [2.45, 2.75) is 71.6 Å².